The molecule has 0 aromatic heterocycles. The molecule has 0 aliphatic heterocycles. The van der Waals surface area contributed by atoms with E-state index in [1.807, 2.05) is 0 Å². The fourth-order valence-corrected chi connectivity index (χ4v) is 4.25. The minimum absolute atomic E-state index is 0.655. The van der Waals surface area contributed by atoms with Gasteiger partial charge < -0.3 is 0 Å². The quantitative estimate of drug-likeness (QED) is 0.528. The Morgan fingerprint density at radius 1 is 1.00 bits per heavy atom. The van der Waals surface area contributed by atoms with E-state index in [9.17, 15) is 0 Å². The zero-order valence-electron chi connectivity index (χ0n) is 13.2. The first-order chi connectivity index (χ1) is 7.86. The van der Waals surface area contributed by atoms with E-state index in [2.05, 4.69) is 48.5 Å². The van der Waals surface area contributed by atoms with E-state index in [0.29, 0.717) is 5.41 Å². The summed E-state index contributed by atoms with van der Waals surface area (Å²) in [6, 6.07) is 0. The van der Waals surface area contributed by atoms with Crippen molar-refractivity contribution in [1.82, 2.24) is 0 Å². The molecule has 1 saturated carbocycles. The second-order valence-electron chi connectivity index (χ2n) is 7.26. The van der Waals surface area contributed by atoms with Gasteiger partial charge in [-0.2, -0.15) is 0 Å². The zero-order valence-corrected chi connectivity index (χ0v) is 13.2. The predicted molar refractivity (Wildman–Crippen MR) is 78.1 cm³/mol. The molecule has 0 N–H and O–H groups in total. The first-order valence-corrected chi connectivity index (χ1v) is 7.86. The molecule has 6 unspecified atom stereocenters. The molecule has 1 aliphatic rings. The molecule has 0 heterocycles. The Kier molecular flexibility index (Phi) is 5.10. The number of hydrogen-bond acceptors (Lipinski definition) is 0. The van der Waals surface area contributed by atoms with Crippen molar-refractivity contribution in [2.45, 2.75) is 74.1 Å². The van der Waals surface area contributed by atoms with Crippen molar-refractivity contribution < 1.29 is 0 Å². The summed E-state index contributed by atoms with van der Waals surface area (Å²) in [6.07, 6.45) is 5.56. The highest BCUT2D eigenvalue weighted by Gasteiger charge is 2.59. The number of hydrogen-bond donors (Lipinski definition) is 0. The molecule has 0 aromatic rings. The normalized spacial score (nSPS) is 37.6. The lowest BCUT2D eigenvalue weighted by Crippen LogP contribution is -2.12. The van der Waals surface area contributed by atoms with Gasteiger partial charge in [-0.3, -0.25) is 0 Å². The van der Waals surface area contributed by atoms with E-state index in [0.717, 1.165) is 29.6 Å². The lowest BCUT2D eigenvalue weighted by atomic mass is 9.84. The van der Waals surface area contributed by atoms with E-state index in [1.54, 1.807) is 0 Å². The van der Waals surface area contributed by atoms with Crippen molar-refractivity contribution in [3.63, 3.8) is 0 Å². The van der Waals surface area contributed by atoms with E-state index in [4.69, 9.17) is 0 Å². The van der Waals surface area contributed by atoms with Gasteiger partial charge in [-0.15, -0.1) is 0 Å². The van der Waals surface area contributed by atoms with Crippen LogP contribution in [-0.4, -0.2) is 0 Å². The zero-order chi connectivity index (χ0) is 13.2. The highest BCUT2D eigenvalue weighted by molar-refractivity contribution is 5.07. The molecule has 0 radical (unpaired) electrons. The third kappa shape index (κ3) is 3.26. The van der Waals surface area contributed by atoms with E-state index in [-0.39, 0.29) is 0 Å². The molecule has 0 heteroatoms. The Balaban J connectivity index is 2.46. The molecule has 0 bridgehead atoms. The smallest absolute Gasteiger partial charge is 0.0261 e. The first-order valence-electron chi connectivity index (χ1n) is 7.86. The average Bonchev–Trinajstić information content (AvgIpc) is 2.79. The molecule has 0 spiro atoms. The van der Waals surface area contributed by atoms with E-state index >= 15 is 0 Å². The van der Waals surface area contributed by atoms with Crippen molar-refractivity contribution in [3.05, 3.63) is 0 Å². The first kappa shape index (κ1) is 15.1. The third-order valence-corrected chi connectivity index (χ3v) is 5.78. The van der Waals surface area contributed by atoms with Crippen molar-refractivity contribution in [2.75, 3.05) is 0 Å². The van der Waals surface area contributed by atoms with Crippen LogP contribution < -0.4 is 0 Å². The van der Waals surface area contributed by atoms with Crippen molar-refractivity contribution in [3.8, 4) is 0 Å². The monoisotopic (exact) mass is 238 g/mol. The maximum atomic E-state index is 2.54. The minimum atomic E-state index is 0.655. The molecule has 0 saturated heterocycles. The Hall–Kier alpha value is 0. The van der Waals surface area contributed by atoms with Gasteiger partial charge in [0.2, 0.25) is 0 Å². The summed E-state index contributed by atoms with van der Waals surface area (Å²) in [5.41, 5.74) is 0.655. The molecule has 1 fully saturated rings. The van der Waals surface area contributed by atoms with Crippen LogP contribution in [0.15, 0.2) is 0 Å². The lowest BCUT2D eigenvalue weighted by Gasteiger charge is -2.22. The van der Waals surface area contributed by atoms with Gasteiger partial charge in [0.15, 0.2) is 0 Å². The van der Waals surface area contributed by atoms with Crippen LogP contribution >= 0.6 is 0 Å². The summed E-state index contributed by atoms with van der Waals surface area (Å²) in [4.78, 5) is 0. The summed E-state index contributed by atoms with van der Waals surface area (Å²) in [5.74, 6) is 4.69. The molecule has 0 amide bonds. The lowest BCUT2D eigenvalue weighted by molar-refractivity contribution is 0.286. The highest BCUT2D eigenvalue weighted by atomic mass is 14.6. The van der Waals surface area contributed by atoms with Crippen molar-refractivity contribution in [1.29, 1.82) is 0 Å². The van der Waals surface area contributed by atoms with E-state index in [1.165, 1.54) is 25.7 Å². The summed E-state index contributed by atoms with van der Waals surface area (Å²) >= 11 is 0. The number of rotatable bonds is 7. The van der Waals surface area contributed by atoms with Crippen LogP contribution in [0.4, 0.5) is 0 Å². The summed E-state index contributed by atoms with van der Waals surface area (Å²) in [6.45, 7) is 17.0. The van der Waals surface area contributed by atoms with Gasteiger partial charge in [0.05, 0.1) is 0 Å². The van der Waals surface area contributed by atoms with Crippen LogP contribution in [0, 0.1) is 35.0 Å². The van der Waals surface area contributed by atoms with Crippen LogP contribution in [0.1, 0.15) is 74.1 Å². The highest BCUT2D eigenvalue weighted by Crippen LogP contribution is 2.65. The Morgan fingerprint density at radius 3 is 2.06 bits per heavy atom. The molecular formula is C17H34. The van der Waals surface area contributed by atoms with Gasteiger partial charge in [-0.1, -0.05) is 61.3 Å². The van der Waals surface area contributed by atoms with Crippen molar-refractivity contribution >= 4 is 0 Å². The largest absolute Gasteiger partial charge is 0.0651 e. The fraction of sp³-hybridized carbons (Fsp3) is 1.00. The molecule has 1 aliphatic carbocycles. The molecule has 1 rings (SSSR count). The summed E-state index contributed by atoms with van der Waals surface area (Å²) < 4.78 is 0. The molecule has 6 atom stereocenters. The van der Waals surface area contributed by atoms with Crippen LogP contribution in [-0.2, 0) is 0 Å². The molecule has 17 heavy (non-hydrogen) atoms. The van der Waals surface area contributed by atoms with Gasteiger partial charge in [0.25, 0.3) is 0 Å². The Bertz CT molecular complexity index is 232. The second-order valence-corrected chi connectivity index (χ2v) is 7.26. The Morgan fingerprint density at radius 2 is 1.59 bits per heavy atom. The maximum absolute atomic E-state index is 2.54. The third-order valence-electron chi connectivity index (χ3n) is 5.78. The topological polar surface area (TPSA) is 0 Å². The van der Waals surface area contributed by atoms with Gasteiger partial charge in [0.1, 0.15) is 0 Å². The van der Waals surface area contributed by atoms with Gasteiger partial charge in [-0.25, -0.2) is 0 Å². The van der Waals surface area contributed by atoms with E-state index < -0.39 is 0 Å². The van der Waals surface area contributed by atoms with Crippen LogP contribution in [0.2, 0.25) is 0 Å². The standard InChI is InChI=1S/C17H34/c1-8-12(3)10-13(4)11-17(7)15(6)16(17)14(5)9-2/h12-16H,8-11H2,1-7H3. The van der Waals surface area contributed by atoms with Gasteiger partial charge >= 0.3 is 0 Å². The summed E-state index contributed by atoms with van der Waals surface area (Å²) in [5, 5.41) is 0. The van der Waals surface area contributed by atoms with Crippen LogP contribution in [0.25, 0.3) is 0 Å². The SMILES string of the molecule is CCC(C)CC(C)CC1(C)C(C)C1C(C)CC. The predicted octanol–water partition coefficient (Wildman–Crippen LogP) is 5.77. The van der Waals surface area contributed by atoms with Crippen LogP contribution in [0.5, 0.6) is 0 Å². The molecule has 0 nitrogen and oxygen atoms in total. The van der Waals surface area contributed by atoms with Crippen molar-refractivity contribution in [2.24, 2.45) is 35.0 Å². The average molecular weight is 238 g/mol. The minimum Gasteiger partial charge on any atom is -0.0651 e. The summed E-state index contributed by atoms with van der Waals surface area (Å²) in [7, 11) is 0. The molecule has 102 valence electrons. The fourth-order valence-electron chi connectivity index (χ4n) is 4.25. The van der Waals surface area contributed by atoms with Gasteiger partial charge in [-0.05, 0) is 47.8 Å². The Labute approximate surface area is 110 Å². The van der Waals surface area contributed by atoms with Gasteiger partial charge in [0, 0.05) is 0 Å². The van der Waals surface area contributed by atoms with Crippen LogP contribution in [0.3, 0.4) is 0 Å². The molecule has 0 aromatic carbocycles. The second kappa shape index (κ2) is 5.76. The molecular weight excluding hydrogens is 204 g/mol. The maximum Gasteiger partial charge on any atom is -0.0261 e.